The van der Waals surface area contributed by atoms with Crippen molar-refractivity contribution in [2.75, 3.05) is 0 Å². The summed E-state index contributed by atoms with van der Waals surface area (Å²) in [5.74, 6) is -0.276. The van der Waals surface area contributed by atoms with Gasteiger partial charge >= 0.3 is 5.69 Å². The molecule has 0 saturated carbocycles. The van der Waals surface area contributed by atoms with Crippen LogP contribution in [0.2, 0.25) is 0 Å². The van der Waals surface area contributed by atoms with Crippen molar-refractivity contribution in [3.05, 3.63) is 87.5 Å². The van der Waals surface area contributed by atoms with Gasteiger partial charge in [-0.25, -0.2) is 0 Å². The number of benzene rings is 3. The predicted octanol–water partition coefficient (Wildman–Crippen LogP) is 5.35. The van der Waals surface area contributed by atoms with Gasteiger partial charge in [-0.05, 0) is 35.9 Å². The van der Waals surface area contributed by atoms with Gasteiger partial charge < -0.3 is 9.47 Å². The molecule has 3 aromatic rings. The minimum absolute atomic E-state index is 0.0723. The zero-order valence-corrected chi connectivity index (χ0v) is 14.5. The average Bonchev–Trinajstić information content (AvgIpc) is 2.68. The molecule has 0 aromatic heterocycles. The van der Waals surface area contributed by atoms with Gasteiger partial charge in [-0.1, -0.05) is 42.5 Å². The summed E-state index contributed by atoms with van der Waals surface area (Å²) in [6.07, 6.45) is 5.66. The monoisotopic (exact) mass is 357 g/mol. The Balaban J connectivity index is 1.66. The van der Waals surface area contributed by atoms with Crippen molar-refractivity contribution in [3.63, 3.8) is 0 Å². The summed E-state index contributed by atoms with van der Waals surface area (Å²) >= 11 is 0. The van der Waals surface area contributed by atoms with Crippen LogP contribution in [0.4, 0.5) is 5.69 Å². The van der Waals surface area contributed by atoms with E-state index in [1.165, 1.54) is 6.07 Å². The van der Waals surface area contributed by atoms with Crippen molar-refractivity contribution in [1.29, 1.82) is 0 Å². The molecule has 132 valence electrons. The number of hydrogen-bond acceptors (Lipinski definition) is 4. The van der Waals surface area contributed by atoms with Crippen LogP contribution in [0, 0.1) is 10.1 Å². The van der Waals surface area contributed by atoms with Crippen LogP contribution in [0.5, 0.6) is 11.5 Å². The van der Waals surface area contributed by atoms with E-state index in [2.05, 4.69) is 12.1 Å². The van der Waals surface area contributed by atoms with Gasteiger partial charge in [0.05, 0.1) is 4.92 Å². The normalized spacial score (nSPS) is 19.7. The summed E-state index contributed by atoms with van der Waals surface area (Å²) in [5.41, 5.74) is 2.40. The van der Waals surface area contributed by atoms with E-state index in [1.807, 2.05) is 49.4 Å². The molecule has 2 heterocycles. The van der Waals surface area contributed by atoms with Crippen LogP contribution in [0.1, 0.15) is 18.1 Å². The number of hydrogen-bond donors (Lipinski definition) is 0. The molecule has 0 saturated heterocycles. The van der Waals surface area contributed by atoms with Crippen molar-refractivity contribution >= 4 is 28.6 Å². The van der Waals surface area contributed by atoms with Gasteiger partial charge in [0.1, 0.15) is 5.75 Å². The molecule has 0 radical (unpaired) electrons. The molecular weight excluding hydrogens is 342 g/mol. The van der Waals surface area contributed by atoms with Crippen LogP contribution >= 0.6 is 0 Å². The van der Waals surface area contributed by atoms with Crippen LogP contribution in [-0.4, -0.2) is 10.7 Å². The second kappa shape index (κ2) is 5.45. The van der Waals surface area contributed by atoms with E-state index in [1.54, 1.807) is 12.1 Å². The van der Waals surface area contributed by atoms with Crippen molar-refractivity contribution in [2.24, 2.45) is 0 Å². The van der Waals surface area contributed by atoms with E-state index in [0.29, 0.717) is 11.3 Å². The number of fused-ring (bicyclic) bond motifs is 4. The fourth-order valence-electron chi connectivity index (χ4n) is 3.65. The standard InChI is InChI=1S/C22H15NO4/c1-14-13-18-17-7-3-2-5-15(17)9-10-20(18)26-22(14)12-11-16-6-4-8-19(23(24)25)21(16)27-22/h2-13H,1H3/t22-/m0/s1. The first kappa shape index (κ1) is 15.6. The third-order valence-corrected chi connectivity index (χ3v) is 5.06. The maximum absolute atomic E-state index is 11.4. The van der Waals surface area contributed by atoms with Crippen LogP contribution in [-0.2, 0) is 0 Å². The van der Waals surface area contributed by atoms with Gasteiger partial charge in [-0.3, -0.25) is 10.1 Å². The molecule has 1 atom stereocenters. The molecule has 0 bridgehead atoms. The molecule has 3 aromatic carbocycles. The Hall–Kier alpha value is -3.60. The van der Waals surface area contributed by atoms with E-state index in [-0.39, 0.29) is 11.4 Å². The number of rotatable bonds is 1. The van der Waals surface area contributed by atoms with E-state index in [4.69, 9.17) is 9.47 Å². The summed E-state index contributed by atoms with van der Waals surface area (Å²) in [5, 5.41) is 13.6. The van der Waals surface area contributed by atoms with Crippen LogP contribution in [0.3, 0.4) is 0 Å². The molecule has 5 heteroatoms. The summed E-state index contributed by atoms with van der Waals surface area (Å²) in [4.78, 5) is 11.0. The molecule has 2 aliphatic rings. The number of ether oxygens (including phenoxy) is 2. The Labute approximate surface area is 155 Å². The first-order valence-electron chi connectivity index (χ1n) is 8.63. The van der Waals surface area contributed by atoms with Crippen LogP contribution in [0.25, 0.3) is 22.9 Å². The second-order valence-electron chi connectivity index (χ2n) is 6.68. The Morgan fingerprint density at radius 1 is 1.00 bits per heavy atom. The van der Waals surface area contributed by atoms with E-state index >= 15 is 0 Å². The lowest BCUT2D eigenvalue weighted by molar-refractivity contribution is -0.386. The minimum atomic E-state index is -1.19. The Morgan fingerprint density at radius 3 is 2.70 bits per heavy atom. The van der Waals surface area contributed by atoms with Gasteiger partial charge in [0.15, 0.2) is 0 Å². The molecule has 0 aliphatic carbocycles. The average molecular weight is 357 g/mol. The minimum Gasteiger partial charge on any atom is -0.444 e. The Morgan fingerprint density at radius 2 is 1.85 bits per heavy atom. The van der Waals surface area contributed by atoms with Gasteiger partial charge in [-0.15, -0.1) is 0 Å². The van der Waals surface area contributed by atoms with E-state index in [9.17, 15) is 10.1 Å². The zero-order valence-electron chi connectivity index (χ0n) is 14.5. The summed E-state index contributed by atoms with van der Waals surface area (Å²) in [7, 11) is 0. The molecule has 2 aliphatic heterocycles. The number of nitrogens with zero attached hydrogens (tertiary/aromatic N) is 1. The zero-order chi connectivity index (χ0) is 18.6. The maximum Gasteiger partial charge on any atom is 0.311 e. The van der Waals surface area contributed by atoms with Crippen molar-refractivity contribution < 1.29 is 14.4 Å². The van der Waals surface area contributed by atoms with Gasteiger partial charge in [-0.2, -0.15) is 0 Å². The lowest BCUT2D eigenvalue weighted by Crippen LogP contribution is -2.44. The lowest BCUT2D eigenvalue weighted by atomic mass is 9.93. The van der Waals surface area contributed by atoms with Gasteiger partial charge in [0.2, 0.25) is 5.75 Å². The number of para-hydroxylation sites is 1. The smallest absolute Gasteiger partial charge is 0.311 e. The Bertz CT molecular complexity index is 1180. The largest absolute Gasteiger partial charge is 0.444 e. The maximum atomic E-state index is 11.4. The highest BCUT2D eigenvalue weighted by Crippen LogP contribution is 2.46. The topological polar surface area (TPSA) is 61.6 Å². The van der Waals surface area contributed by atoms with E-state index < -0.39 is 10.7 Å². The molecule has 0 unspecified atom stereocenters. The molecule has 0 fully saturated rings. The predicted molar refractivity (Wildman–Crippen MR) is 104 cm³/mol. The fourth-order valence-corrected chi connectivity index (χ4v) is 3.65. The van der Waals surface area contributed by atoms with Crippen molar-refractivity contribution in [1.82, 2.24) is 0 Å². The molecule has 0 amide bonds. The molecule has 5 nitrogen and oxygen atoms in total. The van der Waals surface area contributed by atoms with Gasteiger partial charge in [0, 0.05) is 28.8 Å². The highest BCUT2D eigenvalue weighted by Gasteiger charge is 2.42. The first-order valence-corrected chi connectivity index (χ1v) is 8.63. The van der Waals surface area contributed by atoms with Gasteiger partial charge in [0.25, 0.3) is 5.79 Å². The number of nitro groups is 1. The summed E-state index contributed by atoms with van der Waals surface area (Å²) < 4.78 is 12.4. The summed E-state index contributed by atoms with van der Waals surface area (Å²) in [6, 6.07) is 16.9. The second-order valence-corrected chi connectivity index (χ2v) is 6.68. The highest BCUT2D eigenvalue weighted by molar-refractivity contribution is 5.94. The SMILES string of the molecule is CC1=Cc2c(ccc3ccccc23)O[C@]12C=Cc1cccc([N+](=O)[O-])c1O2. The number of nitro benzene ring substituents is 1. The third-order valence-electron chi connectivity index (χ3n) is 5.06. The van der Waals surface area contributed by atoms with Crippen molar-refractivity contribution in [3.8, 4) is 11.5 Å². The molecule has 0 N–H and O–H groups in total. The third kappa shape index (κ3) is 2.25. The van der Waals surface area contributed by atoms with Crippen LogP contribution in [0.15, 0.2) is 66.2 Å². The molecule has 1 spiro atoms. The van der Waals surface area contributed by atoms with E-state index in [0.717, 1.165) is 21.9 Å². The quantitative estimate of drug-likeness (QED) is 0.435. The van der Waals surface area contributed by atoms with Crippen LogP contribution < -0.4 is 9.47 Å². The van der Waals surface area contributed by atoms with Crippen molar-refractivity contribution in [2.45, 2.75) is 12.7 Å². The molecule has 5 rings (SSSR count). The fraction of sp³-hybridized carbons (Fsp3) is 0.0909. The highest BCUT2D eigenvalue weighted by atomic mass is 16.7. The Kier molecular flexibility index (Phi) is 3.15. The summed E-state index contributed by atoms with van der Waals surface area (Å²) in [6.45, 7) is 1.91. The lowest BCUT2D eigenvalue weighted by Gasteiger charge is -2.38. The molecular formula is C22H15NO4. The first-order chi connectivity index (χ1) is 13.1. The molecule has 27 heavy (non-hydrogen) atoms.